The van der Waals surface area contributed by atoms with Crippen LogP contribution in [-0.2, 0) is 4.79 Å². The predicted octanol–water partition coefficient (Wildman–Crippen LogP) is 2.84. The van der Waals surface area contributed by atoms with Crippen LogP contribution >= 0.6 is 0 Å². The minimum Gasteiger partial charge on any atom is -0.355 e. The zero-order valence-corrected chi connectivity index (χ0v) is 12.4. The van der Waals surface area contributed by atoms with Crippen LogP contribution in [0.1, 0.15) is 38.5 Å². The number of amides is 1. The average Bonchev–Trinajstić information content (AvgIpc) is 3.01. The van der Waals surface area contributed by atoms with E-state index in [0.29, 0.717) is 5.69 Å². The maximum Gasteiger partial charge on any atom is 0.248 e. The normalized spacial score (nSPS) is 21.8. The van der Waals surface area contributed by atoms with Crippen molar-refractivity contribution in [3.05, 3.63) is 12.5 Å². The fourth-order valence-corrected chi connectivity index (χ4v) is 3.13. The molecule has 3 rings (SSSR count). The van der Waals surface area contributed by atoms with Crippen molar-refractivity contribution in [2.24, 2.45) is 5.92 Å². The molecule has 2 heterocycles. The second kappa shape index (κ2) is 6.14. The lowest BCUT2D eigenvalue weighted by molar-refractivity contribution is -0.124. The zero-order chi connectivity index (χ0) is 15.6. The Balaban J connectivity index is 1.67. The van der Waals surface area contributed by atoms with Crippen molar-refractivity contribution in [3.63, 3.8) is 0 Å². The van der Waals surface area contributed by atoms with Crippen molar-refractivity contribution < 1.29 is 13.6 Å². The van der Waals surface area contributed by atoms with Gasteiger partial charge in [0.05, 0.1) is 6.20 Å². The van der Waals surface area contributed by atoms with E-state index in [4.69, 9.17) is 0 Å². The number of rotatable bonds is 3. The van der Waals surface area contributed by atoms with Gasteiger partial charge in [-0.15, -0.1) is 0 Å². The van der Waals surface area contributed by atoms with Gasteiger partial charge in [0.2, 0.25) is 11.8 Å². The second-order valence-electron chi connectivity index (χ2n) is 6.07. The summed E-state index contributed by atoms with van der Waals surface area (Å²) >= 11 is 0. The van der Waals surface area contributed by atoms with Gasteiger partial charge in [-0.25, -0.2) is 18.7 Å². The number of hydrogen-bond acceptors (Lipinski definition) is 4. The van der Waals surface area contributed by atoms with Crippen molar-refractivity contribution in [1.29, 1.82) is 0 Å². The number of nitrogens with zero attached hydrogens (tertiary/aromatic N) is 3. The third kappa shape index (κ3) is 3.34. The van der Waals surface area contributed by atoms with Crippen molar-refractivity contribution in [1.82, 2.24) is 9.97 Å². The lowest BCUT2D eigenvalue weighted by Gasteiger charge is -2.28. The van der Waals surface area contributed by atoms with Gasteiger partial charge in [-0.2, -0.15) is 0 Å². The number of alkyl halides is 2. The molecule has 0 bridgehead atoms. The van der Waals surface area contributed by atoms with Gasteiger partial charge in [0.25, 0.3) is 0 Å². The fraction of sp³-hybridized carbons (Fsp3) is 0.667. The average molecular weight is 310 g/mol. The Kier molecular flexibility index (Phi) is 4.22. The molecule has 0 radical (unpaired) electrons. The smallest absolute Gasteiger partial charge is 0.248 e. The summed E-state index contributed by atoms with van der Waals surface area (Å²) in [6, 6.07) is 0. The van der Waals surface area contributed by atoms with Crippen LogP contribution in [0.4, 0.5) is 20.3 Å². The minimum absolute atomic E-state index is 0.203. The molecule has 1 saturated heterocycles. The van der Waals surface area contributed by atoms with Gasteiger partial charge in [0.15, 0.2) is 5.82 Å². The van der Waals surface area contributed by atoms with Crippen molar-refractivity contribution >= 4 is 17.4 Å². The highest BCUT2D eigenvalue weighted by molar-refractivity contribution is 5.95. The highest BCUT2D eigenvalue weighted by Crippen LogP contribution is 2.37. The molecule has 2 fully saturated rings. The van der Waals surface area contributed by atoms with Crippen LogP contribution in [0.25, 0.3) is 0 Å². The maximum atomic E-state index is 13.2. The molecular formula is C15H20F2N4O. The molecule has 1 aromatic rings. The first-order valence-electron chi connectivity index (χ1n) is 7.79. The highest BCUT2D eigenvalue weighted by atomic mass is 19.3. The Morgan fingerprint density at radius 1 is 1.27 bits per heavy atom. The van der Waals surface area contributed by atoms with Gasteiger partial charge < -0.3 is 10.2 Å². The Labute approximate surface area is 128 Å². The third-order valence-corrected chi connectivity index (χ3v) is 4.44. The molecule has 1 aliphatic carbocycles. The number of nitrogens with one attached hydrogen (secondary N) is 1. The van der Waals surface area contributed by atoms with Crippen molar-refractivity contribution in [3.8, 4) is 0 Å². The lowest BCUT2D eigenvalue weighted by atomic mass is 9.86. The van der Waals surface area contributed by atoms with E-state index in [1.54, 1.807) is 6.20 Å². The lowest BCUT2D eigenvalue weighted by Crippen LogP contribution is -2.32. The molecule has 5 nitrogen and oxygen atoms in total. The van der Waals surface area contributed by atoms with Crippen LogP contribution in [0.3, 0.4) is 0 Å². The molecule has 1 saturated carbocycles. The van der Waals surface area contributed by atoms with Crippen LogP contribution in [0, 0.1) is 5.92 Å². The molecule has 7 heteroatoms. The summed E-state index contributed by atoms with van der Waals surface area (Å²) in [7, 11) is 0. The molecule has 0 atom stereocenters. The topological polar surface area (TPSA) is 58.1 Å². The van der Waals surface area contributed by atoms with E-state index in [1.807, 2.05) is 0 Å². The van der Waals surface area contributed by atoms with Gasteiger partial charge in [0.1, 0.15) is 12.0 Å². The predicted molar refractivity (Wildman–Crippen MR) is 79.0 cm³/mol. The molecule has 22 heavy (non-hydrogen) atoms. The first-order chi connectivity index (χ1) is 10.6. The van der Waals surface area contributed by atoms with Gasteiger partial charge in [0, 0.05) is 31.8 Å². The summed E-state index contributed by atoms with van der Waals surface area (Å²) in [5.74, 6) is -2.45. The Morgan fingerprint density at radius 3 is 2.64 bits per heavy atom. The summed E-state index contributed by atoms with van der Waals surface area (Å²) in [4.78, 5) is 22.7. The first kappa shape index (κ1) is 15.1. The number of carbonyl (C=O) groups excluding carboxylic acids is 1. The third-order valence-electron chi connectivity index (χ3n) is 4.44. The molecule has 1 aromatic heterocycles. The van der Waals surface area contributed by atoms with E-state index in [9.17, 15) is 13.6 Å². The fourth-order valence-electron chi connectivity index (χ4n) is 3.13. The minimum atomic E-state index is -2.62. The largest absolute Gasteiger partial charge is 0.355 e. The Morgan fingerprint density at radius 2 is 1.95 bits per heavy atom. The molecule has 2 aliphatic rings. The number of aromatic nitrogens is 2. The summed E-state index contributed by atoms with van der Waals surface area (Å²) < 4.78 is 26.4. The van der Waals surface area contributed by atoms with E-state index in [0.717, 1.165) is 31.7 Å². The van der Waals surface area contributed by atoms with E-state index in [1.165, 1.54) is 6.33 Å². The van der Waals surface area contributed by atoms with E-state index in [2.05, 4.69) is 20.2 Å². The van der Waals surface area contributed by atoms with Crippen LogP contribution in [0.15, 0.2) is 12.5 Å². The van der Waals surface area contributed by atoms with Gasteiger partial charge in [-0.3, -0.25) is 4.79 Å². The van der Waals surface area contributed by atoms with Gasteiger partial charge in [-0.1, -0.05) is 0 Å². The Hall–Kier alpha value is -1.79. The molecule has 0 spiro atoms. The quantitative estimate of drug-likeness (QED) is 0.932. The standard InChI is InChI=1S/C15H20F2N4O/c16-15(17)5-3-11(4-6-15)14(22)20-12-9-18-10-19-13(12)21-7-1-2-8-21/h9-11H,1-8H2,(H,20,22). The maximum absolute atomic E-state index is 13.2. The summed E-state index contributed by atoms with van der Waals surface area (Å²) in [5, 5.41) is 2.83. The van der Waals surface area contributed by atoms with E-state index < -0.39 is 5.92 Å². The van der Waals surface area contributed by atoms with Crippen LogP contribution < -0.4 is 10.2 Å². The van der Waals surface area contributed by atoms with Crippen LogP contribution in [0.2, 0.25) is 0 Å². The van der Waals surface area contributed by atoms with Crippen LogP contribution in [0.5, 0.6) is 0 Å². The number of halogens is 2. The highest BCUT2D eigenvalue weighted by Gasteiger charge is 2.37. The molecule has 1 N–H and O–H groups in total. The molecule has 0 aromatic carbocycles. The molecule has 0 unspecified atom stereocenters. The SMILES string of the molecule is O=C(Nc1cncnc1N1CCCC1)C1CCC(F)(F)CC1. The second-order valence-corrected chi connectivity index (χ2v) is 6.07. The molecule has 1 amide bonds. The molecule has 1 aliphatic heterocycles. The monoisotopic (exact) mass is 310 g/mol. The number of anilines is 2. The molecule has 120 valence electrons. The van der Waals surface area contributed by atoms with Gasteiger partial charge >= 0.3 is 0 Å². The van der Waals surface area contributed by atoms with E-state index >= 15 is 0 Å². The van der Waals surface area contributed by atoms with Crippen molar-refractivity contribution in [2.45, 2.75) is 44.4 Å². The summed E-state index contributed by atoms with van der Waals surface area (Å²) in [6.07, 6.45) is 5.28. The van der Waals surface area contributed by atoms with Gasteiger partial charge in [-0.05, 0) is 25.7 Å². The summed E-state index contributed by atoms with van der Waals surface area (Å²) in [6.45, 7) is 1.82. The van der Waals surface area contributed by atoms with E-state index in [-0.39, 0.29) is 37.5 Å². The van der Waals surface area contributed by atoms with Crippen molar-refractivity contribution in [2.75, 3.05) is 23.3 Å². The number of carbonyl (C=O) groups is 1. The molecular weight excluding hydrogens is 290 g/mol. The Bertz CT molecular complexity index is 536. The first-order valence-corrected chi connectivity index (χ1v) is 7.79. The number of hydrogen-bond donors (Lipinski definition) is 1. The van der Waals surface area contributed by atoms with Crippen LogP contribution in [-0.4, -0.2) is 34.9 Å². The summed E-state index contributed by atoms with van der Waals surface area (Å²) in [5.41, 5.74) is 0.576. The zero-order valence-electron chi connectivity index (χ0n) is 12.4.